The normalized spacial score (nSPS) is 11.2. The minimum Gasteiger partial charge on any atom is -0.501 e. The molecule has 0 saturated carbocycles. The van der Waals surface area contributed by atoms with Crippen LogP contribution < -0.4 is 0 Å². The van der Waals surface area contributed by atoms with Crippen LogP contribution in [0.3, 0.4) is 0 Å². The molecule has 0 unspecified atom stereocenters. The second kappa shape index (κ2) is 17.5. The van der Waals surface area contributed by atoms with E-state index in [4.69, 9.17) is 13.3 Å². The molecule has 0 bridgehead atoms. The van der Waals surface area contributed by atoms with Crippen molar-refractivity contribution in [2.75, 3.05) is 0 Å². The summed E-state index contributed by atoms with van der Waals surface area (Å²) in [5, 5.41) is 6.90. The summed E-state index contributed by atoms with van der Waals surface area (Å²) in [7, 11) is 0. The van der Waals surface area contributed by atoms with Gasteiger partial charge in [-0.2, -0.15) is 0 Å². The number of aryl methyl sites for hydroxylation is 6. The van der Waals surface area contributed by atoms with Crippen LogP contribution in [0.25, 0.3) is 99.6 Å². The first-order valence-electron chi connectivity index (χ1n) is 21.0. The summed E-state index contributed by atoms with van der Waals surface area (Å²) in [6.07, 6.45) is 5.48. The third-order valence-corrected chi connectivity index (χ3v) is 11.5. The van der Waals surface area contributed by atoms with Crippen LogP contribution in [0.15, 0.2) is 159 Å². The predicted octanol–water partition coefficient (Wildman–Crippen LogP) is 15.2. The van der Waals surface area contributed by atoms with Crippen molar-refractivity contribution in [2.45, 2.75) is 41.5 Å². The van der Waals surface area contributed by atoms with Gasteiger partial charge in [-0.3, -0.25) is 0 Å². The number of para-hydroxylation sites is 3. The van der Waals surface area contributed by atoms with Gasteiger partial charge in [0, 0.05) is 34.7 Å². The second-order valence-electron chi connectivity index (χ2n) is 16.1. The van der Waals surface area contributed by atoms with E-state index < -0.39 is 0 Å². The number of benzene rings is 6. The maximum atomic E-state index is 6.09. The Kier molecular flexibility index (Phi) is 11.5. The maximum Gasteiger partial charge on any atom is 3.00 e. The van der Waals surface area contributed by atoms with Crippen molar-refractivity contribution >= 4 is 65.8 Å². The van der Waals surface area contributed by atoms with Gasteiger partial charge < -0.3 is 28.2 Å². The summed E-state index contributed by atoms with van der Waals surface area (Å²) in [6.45, 7) is 12.5. The predicted molar refractivity (Wildman–Crippen MR) is 256 cm³/mol. The van der Waals surface area contributed by atoms with Crippen LogP contribution in [-0.2, 0) is 20.1 Å². The number of fused-ring (bicyclic) bond motifs is 9. The third kappa shape index (κ3) is 7.78. The number of hydrogen-bond acceptors (Lipinski definition) is 6. The van der Waals surface area contributed by atoms with Gasteiger partial charge in [-0.25, -0.2) is 0 Å². The van der Waals surface area contributed by atoms with Crippen molar-refractivity contribution in [3.63, 3.8) is 0 Å². The van der Waals surface area contributed by atoms with Gasteiger partial charge in [0.15, 0.2) is 0 Å². The monoisotopic (exact) mass is 1010 g/mol. The molecule has 0 fully saturated rings. The molecule has 7 heteroatoms. The molecule has 6 heterocycles. The molecule has 6 nitrogen and oxygen atoms in total. The fourth-order valence-electron chi connectivity index (χ4n) is 8.38. The maximum absolute atomic E-state index is 6.09. The van der Waals surface area contributed by atoms with Crippen LogP contribution in [-0.4, -0.2) is 15.0 Å². The second-order valence-corrected chi connectivity index (χ2v) is 16.1. The van der Waals surface area contributed by atoms with Crippen molar-refractivity contribution in [3.05, 3.63) is 198 Å². The molecule has 12 aromatic rings. The van der Waals surface area contributed by atoms with Crippen molar-refractivity contribution in [3.8, 4) is 33.8 Å². The van der Waals surface area contributed by atoms with E-state index in [1.807, 2.05) is 110 Å². The average molecular weight is 1010 g/mol. The Morgan fingerprint density at radius 1 is 0.375 bits per heavy atom. The average Bonchev–Trinajstić information content (AvgIpc) is 4.01. The molecule has 0 N–H and O–H groups in total. The Morgan fingerprint density at radius 3 is 0.938 bits per heavy atom. The summed E-state index contributed by atoms with van der Waals surface area (Å²) in [5.74, 6) is 0. The molecule has 64 heavy (non-hydrogen) atoms. The van der Waals surface area contributed by atoms with Gasteiger partial charge >= 0.3 is 20.1 Å². The van der Waals surface area contributed by atoms with Gasteiger partial charge in [-0.1, -0.05) is 143 Å². The summed E-state index contributed by atoms with van der Waals surface area (Å²) in [4.78, 5) is 13.4. The fourth-order valence-corrected chi connectivity index (χ4v) is 8.38. The summed E-state index contributed by atoms with van der Waals surface area (Å²) < 4.78 is 18.3. The molecule has 0 aliphatic carbocycles. The van der Waals surface area contributed by atoms with Crippen molar-refractivity contribution in [1.29, 1.82) is 0 Å². The largest absolute Gasteiger partial charge is 3.00 e. The molecule has 6 aromatic carbocycles. The molecule has 0 aliphatic heterocycles. The van der Waals surface area contributed by atoms with Gasteiger partial charge in [0.25, 0.3) is 0 Å². The van der Waals surface area contributed by atoms with Crippen LogP contribution in [0.2, 0.25) is 0 Å². The van der Waals surface area contributed by atoms with Gasteiger partial charge in [0.05, 0.1) is 16.7 Å². The van der Waals surface area contributed by atoms with E-state index in [2.05, 4.69) is 111 Å². The molecular weight excluding hydrogens is 967 g/mol. The molecule has 0 spiro atoms. The van der Waals surface area contributed by atoms with Crippen molar-refractivity contribution in [1.82, 2.24) is 15.0 Å². The zero-order chi connectivity index (χ0) is 43.2. The first-order valence-corrected chi connectivity index (χ1v) is 21.0. The van der Waals surface area contributed by atoms with Gasteiger partial charge in [-0.05, 0) is 74.3 Å². The summed E-state index contributed by atoms with van der Waals surface area (Å²) in [6, 6.07) is 52.6. The van der Waals surface area contributed by atoms with Crippen LogP contribution in [0.4, 0.5) is 0 Å². The van der Waals surface area contributed by atoms with E-state index in [1.54, 1.807) is 0 Å². The quantitative estimate of drug-likeness (QED) is 0.164. The molecule has 0 atom stereocenters. The summed E-state index contributed by atoms with van der Waals surface area (Å²) >= 11 is 0. The van der Waals surface area contributed by atoms with Crippen molar-refractivity contribution < 1.29 is 33.4 Å². The van der Waals surface area contributed by atoms with Crippen molar-refractivity contribution in [2.24, 2.45) is 0 Å². The van der Waals surface area contributed by atoms with Gasteiger partial charge in [0.2, 0.25) is 0 Å². The Labute approximate surface area is 385 Å². The minimum absolute atomic E-state index is 0. The zero-order valence-electron chi connectivity index (χ0n) is 36.3. The van der Waals surface area contributed by atoms with E-state index in [0.717, 1.165) is 99.6 Å². The van der Waals surface area contributed by atoms with E-state index in [0.29, 0.717) is 0 Å². The Bertz CT molecular complexity index is 3290. The molecule has 0 saturated heterocycles. The standard InChI is InChI=1S/3C19H14NO.Ir/c3*1-12-9-10-20-16(11-12)14-8-7-13(2)18-15-5-3-4-6-17(15)21-19(14)18;/h3*3-7,9-11H,1-2H3;/q3*-1;+3. The molecule has 12 rings (SSSR count). The Morgan fingerprint density at radius 2 is 0.656 bits per heavy atom. The van der Waals surface area contributed by atoms with Crippen LogP contribution >= 0.6 is 0 Å². The number of furan rings is 3. The minimum atomic E-state index is 0. The van der Waals surface area contributed by atoms with Crippen LogP contribution in [0.1, 0.15) is 33.4 Å². The molecule has 312 valence electrons. The summed E-state index contributed by atoms with van der Waals surface area (Å²) in [5.41, 5.74) is 17.9. The molecule has 0 amide bonds. The molecule has 0 aliphatic rings. The first kappa shape index (κ1) is 42.1. The van der Waals surface area contributed by atoms with Gasteiger partial charge in [-0.15, -0.1) is 53.1 Å². The Balaban J connectivity index is 0.000000121. The molecule has 0 radical (unpaired) electrons. The number of rotatable bonds is 3. The van der Waals surface area contributed by atoms with E-state index in [-0.39, 0.29) is 20.1 Å². The first-order chi connectivity index (χ1) is 30.7. The van der Waals surface area contributed by atoms with Gasteiger partial charge in [0.1, 0.15) is 16.7 Å². The van der Waals surface area contributed by atoms with Crippen LogP contribution in [0.5, 0.6) is 0 Å². The van der Waals surface area contributed by atoms with E-state index in [9.17, 15) is 0 Å². The molecule has 6 aromatic heterocycles. The Hall–Kier alpha value is -7.18. The number of hydrogen-bond donors (Lipinski definition) is 0. The smallest absolute Gasteiger partial charge is 0.501 e. The van der Waals surface area contributed by atoms with E-state index in [1.165, 1.54) is 33.4 Å². The SMILES string of the molecule is Cc1ccnc(-c2[c-]cc(C)c3c2oc2ccccc23)c1.Cc1ccnc(-c2[c-]cc(C)c3c2oc2ccccc23)c1.Cc1ccnc(-c2[c-]cc(C)c3c2oc2ccccc23)c1.[Ir+3]. The fraction of sp³-hybridized carbons (Fsp3) is 0.105. The zero-order valence-corrected chi connectivity index (χ0v) is 38.7. The number of nitrogens with zero attached hydrogens (tertiary/aromatic N) is 3. The third-order valence-electron chi connectivity index (χ3n) is 11.5. The van der Waals surface area contributed by atoms with E-state index >= 15 is 0 Å². The number of pyridine rings is 3. The molecular formula is C57H42IrN3O3. The van der Waals surface area contributed by atoms with Crippen LogP contribution in [0, 0.1) is 59.7 Å². The topological polar surface area (TPSA) is 78.1 Å². The number of aromatic nitrogens is 3.